The molecular formula is C28H22F4N6O. The van der Waals surface area contributed by atoms with Crippen molar-refractivity contribution in [2.75, 3.05) is 24.3 Å². The number of alkyl halides is 3. The van der Waals surface area contributed by atoms with Gasteiger partial charge in [0.15, 0.2) is 5.65 Å². The number of anilines is 2. The summed E-state index contributed by atoms with van der Waals surface area (Å²) in [5.41, 5.74) is 3.04. The molecule has 5 aromatic rings. The molecule has 1 amide bonds. The molecule has 0 saturated carbocycles. The summed E-state index contributed by atoms with van der Waals surface area (Å²) < 4.78 is 55.1. The van der Waals surface area contributed by atoms with Crippen LogP contribution in [-0.2, 0) is 6.18 Å². The van der Waals surface area contributed by atoms with Crippen LogP contribution >= 0.6 is 0 Å². The highest BCUT2D eigenvalue weighted by Crippen LogP contribution is 2.36. The quantitative estimate of drug-likeness (QED) is 0.270. The Bertz CT molecular complexity index is 1710. The smallest absolute Gasteiger partial charge is 0.375 e. The Kier molecular flexibility index (Phi) is 6.51. The number of aryl methyl sites for hydroxylation is 1. The lowest BCUT2D eigenvalue weighted by Gasteiger charge is -2.13. The Balaban J connectivity index is 1.60. The van der Waals surface area contributed by atoms with Crippen molar-refractivity contribution < 1.29 is 22.4 Å². The fraction of sp³-hybridized carbons (Fsp3) is 0.143. The fourth-order valence-electron chi connectivity index (χ4n) is 4.21. The Morgan fingerprint density at radius 2 is 1.77 bits per heavy atom. The Morgan fingerprint density at radius 1 is 0.974 bits per heavy atom. The number of halogens is 4. The zero-order chi connectivity index (χ0) is 27.9. The predicted molar refractivity (Wildman–Crippen MR) is 140 cm³/mol. The topological polar surface area (TPSA) is 75.4 Å². The number of carbonyl (C=O) groups is 1. The predicted octanol–water partition coefficient (Wildman–Crippen LogP) is 6.24. The lowest BCUT2D eigenvalue weighted by Crippen LogP contribution is -2.14. The van der Waals surface area contributed by atoms with E-state index in [1.54, 1.807) is 41.9 Å². The van der Waals surface area contributed by atoms with Gasteiger partial charge in [-0.15, -0.1) is 0 Å². The number of nitrogens with one attached hydrogen (secondary N) is 1. The maximum atomic E-state index is 14.1. The number of rotatable bonds is 5. The van der Waals surface area contributed by atoms with Crippen molar-refractivity contribution >= 4 is 23.1 Å². The normalized spacial score (nSPS) is 11.6. The molecule has 0 aliphatic heterocycles. The number of imidazole rings is 1. The fourth-order valence-corrected chi connectivity index (χ4v) is 4.21. The monoisotopic (exact) mass is 534 g/mol. The average molecular weight is 535 g/mol. The van der Waals surface area contributed by atoms with Gasteiger partial charge >= 0.3 is 6.18 Å². The summed E-state index contributed by atoms with van der Waals surface area (Å²) in [5, 5.41) is 7.06. The molecule has 0 aliphatic carbocycles. The van der Waals surface area contributed by atoms with Crippen molar-refractivity contribution in [2.24, 2.45) is 0 Å². The number of hydrogen-bond donors (Lipinski definition) is 1. The van der Waals surface area contributed by atoms with Crippen molar-refractivity contribution in [1.82, 2.24) is 19.6 Å². The van der Waals surface area contributed by atoms with Crippen LogP contribution in [-0.4, -0.2) is 39.6 Å². The largest absolute Gasteiger partial charge is 0.416 e. The molecule has 2 aromatic carbocycles. The van der Waals surface area contributed by atoms with E-state index in [1.807, 2.05) is 25.1 Å². The zero-order valence-electron chi connectivity index (χ0n) is 21.1. The van der Waals surface area contributed by atoms with Gasteiger partial charge < -0.3 is 10.2 Å². The minimum absolute atomic E-state index is 0.120. The molecule has 39 heavy (non-hydrogen) atoms. The van der Waals surface area contributed by atoms with E-state index < -0.39 is 17.6 Å². The summed E-state index contributed by atoms with van der Waals surface area (Å²) in [5.74, 6) is -0.971. The molecule has 198 valence electrons. The molecule has 0 bridgehead atoms. The van der Waals surface area contributed by atoms with E-state index in [0.717, 1.165) is 17.8 Å². The van der Waals surface area contributed by atoms with Crippen molar-refractivity contribution in [3.8, 4) is 22.5 Å². The molecule has 3 heterocycles. The van der Waals surface area contributed by atoms with Crippen LogP contribution in [0.25, 0.3) is 28.2 Å². The van der Waals surface area contributed by atoms with Crippen molar-refractivity contribution in [3.05, 3.63) is 95.6 Å². The first-order valence-electron chi connectivity index (χ1n) is 11.8. The number of carbonyl (C=O) groups excluding carboxylic acids is 1. The number of amides is 1. The average Bonchev–Trinajstić information content (AvgIpc) is 3.29. The van der Waals surface area contributed by atoms with Crippen LogP contribution in [0.15, 0.2) is 73.1 Å². The van der Waals surface area contributed by atoms with Gasteiger partial charge in [-0.25, -0.2) is 18.9 Å². The third-order valence-electron chi connectivity index (χ3n) is 6.14. The number of hydrogen-bond acceptors (Lipinski definition) is 5. The Morgan fingerprint density at radius 3 is 2.49 bits per heavy atom. The molecule has 0 fully saturated rings. The summed E-state index contributed by atoms with van der Waals surface area (Å²) in [6.45, 7) is 1.66. The molecule has 7 nitrogen and oxygen atoms in total. The first-order chi connectivity index (χ1) is 18.5. The van der Waals surface area contributed by atoms with Crippen LogP contribution in [0.1, 0.15) is 21.5 Å². The van der Waals surface area contributed by atoms with Crippen LogP contribution < -0.4 is 10.2 Å². The van der Waals surface area contributed by atoms with Gasteiger partial charge in [0, 0.05) is 37.0 Å². The van der Waals surface area contributed by atoms with Crippen LogP contribution in [0.4, 0.5) is 29.1 Å². The second-order valence-corrected chi connectivity index (χ2v) is 9.08. The number of pyridine rings is 1. The minimum Gasteiger partial charge on any atom is -0.375 e. The number of aromatic nitrogens is 4. The van der Waals surface area contributed by atoms with Gasteiger partial charge in [0.05, 0.1) is 23.1 Å². The van der Waals surface area contributed by atoms with Crippen LogP contribution in [0.3, 0.4) is 0 Å². The van der Waals surface area contributed by atoms with E-state index in [0.29, 0.717) is 33.7 Å². The number of benzene rings is 2. The lowest BCUT2D eigenvalue weighted by atomic mass is 10.0. The highest BCUT2D eigenvalue weighted by atomic mass is 19.4. The number of fused-ring (bicyclic) bond motifs is 1. The summed E-state index contributed by atoms with van der Waals surface area (Å²) in [4.78, 5) is 23.7. The maximum Gasteiger partial charge on any atom is 0.416 e. The Labute approximate surface area is 220 Å². The molecule has 1 N–H and O–H groups in total. The van der Waals surface area contributed by atoms with Gasteiger partial charge in [-0.05, 0) is 67.1 Å². The summed E-state index contributed by atoms with van der Waals surface area (Å²) in [6.07, 6.45) is -1.48. The van der Waals surface area contributed by atoms with Gasteiger partial charge in [-0.1, -0.05) is 6.07 Å². The summed E-state index contributed by atoms with van der Waals surface area (Å²) >= 11 is 0. The first kappa shape index (κ1) is 25.8. The van der Waals surface area contributed by atoms with Gasteiger partial charge in [-0.3, -0.25) is 4.79 Å². The van der Waals surface area contributed by atoms with E-state index >= 15 is 0 Å². The van der Waals surface area contributed by atoms with Crippen molar-refractivity contribution in [2.45, 2.75) is 13.1 Å². The summed E-state index contributed by atoms with van der Waals surface area (Å²) in [6, 6.07) is 13.9. The highest BCUT2D eigenvalue weighted by molar-refractivity contribution is 6.04. The van der Waals surface area contributed by atoms with Crippen LogP contribution in [0.5, 0.6) is 0 Å². The van der Waals surface area contributed by atoms with E-state index in [1.165, 1.54) is 24.4 Å². The van der Waals surface area contributed by atoms with Gasteiger partial charge in [0.2, 0.25) is 0 Å². The molecule has 5 rings (SSSR count). The van der Waals surface area contributed by atoms with Crippen LogP contribution in [0, 0.1) is 12.7 Å². The molecule has 11 heteroatoms. The standard InChI is InChI=1S/C28H22F4N6O/c1-16-13-17(7-8-21(16)29)24-25(38-26(36-24)22(37(2)3)10-12-34-38)18-9-11-33-23(15-18)35-27(39)19-5-4-6-20(14-19)28(30,31)32/h4-15H,1-3H3,(H,33,35,39). The molecule has 0 saturated heterocycles. The highest BCUT2D eigenvalue weighted by Gasteiger charge is 2.31. The van der Waals surface area contributed by atoms with Crippen LogP contribution in [0.2, 0.25) is 0 Å². The Hall–Kier alpha value is -4.80. The van der Waals surface area contributed by atoms with Gasteiger partial charge in [-0.2, -0.15) is 18.3 Å². The van der Waals surface area contributed by atoms with Gasteiger partial charge in [0.1, 0.15) is 17.3 Å². The SMILES string of the molecule is Cc1cc(-c2nc3c(N(C)C)ccnn3c2-c2ccnc(NC(=O)c3cccc(C(F)(F)F)c3)c2)ccc1F. The third kappa shape index (κ3) is 5.02. The zero-order valence-corrected chi connectivity index (χ0v) is 21.1. The molecular weight excluding hydrogens is 512 g/mol. The van der Waals surface area contributed by atoms with E-state index in [4.69, 9.17) is 4.98 Å². The maximum absolute atomic E-state index is 14.1. The first-order valence-corrected chi connectivity index (χ1v) is 11.8. The second kappa shape index (κ2) is 9.82. The van der Waals surface area contributed by atoms with Crippen molar-refractivity contribution in [1.29, 1.82) is 0 Å². The number of nitrogens with zero attached hydrogens (tertiary/aromatic N) is 5. The van der Waals surface area contributed by atoms with Gasteiger partial charge in [0.25, 0.3) is 5.91 Å². The molecule has 3 aromatic heterocycles. The molecule has 0 atom stereocenters. The molecule has 0 aliphatic rings. The van der Waals surface area contributed by atoms with E-state index in [-0.39, 0.29) is 17.2 Å². The minimum atomic E-state index is -4.58. The molecule has 0 unspecified atom stereocenters. The molecule has 0 spiro atoms. The van der Waals surface area contributed by atoms with E-state index in [9.17, 15) is 22.4 Å². The second-order valence-electron chi connectivity index (χ2n) is 9.08. The third-order valence-corrected chi connectivity index (χ3v) is 6.14. The van der Waals surface area contributed by atoms with Crippen molar-refractivity contribution in [3.63, 3.8) is 0 Å². The van der Waals surface area contributed by atoms with E-state index in [2.05, 4.69) is 15.4 Å². The summed E-state index contributed by atoms with van der Waals surface area (Å²) in [7, 11) is 3.75. The lowest BCUT2D eigenvalue weighted by molar-refractivity contribution is -0.137. The molecule has 0 radical (unpaired) electrons.